The summed E-state index contributed by atoms with van der Waals surface area (Å²) in [6.45, 7) is 1.51. The van der Waals surface area contributed by atoms with Crippen LogP contribution in [-0.4, -0.2) is 30.5 Å². The SMILES string of the molecule is COc1ccccc1C1CCN(O)CC1. The number of piperidine rings is 1. The van der Waals surface area contributed by atoms with Crippen LogP contribution in [0.4, 0.5) is 0 Å². The molecule has 1 aromatic rings. The molecule has 15 heavy (non-hydrogen) atoms. The molecule has 1 saturated heterocycles. The lowest BCUT2D eigenvalue weighted by Crippen LogP contribution is -2.29. The Labute approximate surface area is 90.2 Å². The minimum absolute atomic E-state index is 0.518. The van der Waals surface area contributed by atoms with Gasteiger partial charge in [-0.3, -0.25) is 0 Å². The Balaban J connectivity index is 2.15. The second-order valence-corrected chi connectivity index (χ2v) is 3.97. The van der Waals surface area contributed by atoms with Gasteiger partial charge < -0.3 is 9.94 Å². The average molecular weight is 207 g/mol. The van der Waals surface area contributed by atoms with Gasteiger partial charge in [-0.1, -0.05) is 18.2 Å². The molecule has 1 heterocycles. The van der Waals surface area contributed by atoms with E-state index in [0.29, 0.717) is 5.92 Å². The van der Waals surface area contributed by atoms with Crippen molar-refractivity contribution >= 4 is 0 Å². The van der Waals surface area contributed by atoms with E-state index in [4.69, 9.17) is 4.74 Å². The van der Waals surface area contributed by atoms with E-state index in [1.807, 2.05) is 18.2 Å². The maximum atomic E-state index is 9.30. The fourth-order valence-corrected chi connectivity index (χ4v) is 2.18. The van der Waals surface area contributed by atoms with Gasteiger partial charge in [-0.25, -0.2) is 0 Å². The van der Waals surface area contributed by atoms with Crippen LogP contribution in [0.15, 0.2) is 24.3 Å². The first-order valence-corrected chi connectivity index (χ1v) is 5.38. The second-order valence-electron chi connectivity index (χ2n) is 3.97. The zero-order chi connectivity index (χ0) is 10.7. The van der Waals surface area contributed by atoms with Crippen molar-refractivity contribution in [2.75, 3.05) is 20.2 Å². The largest absolute Gasteiger partial charge is 0.496 e. The molecule has 1 N–H and O–H groups in total. The van der Waals surface area contributed by atoms with Gasteiger partial charge in [0.05, 0.1) is 7.11 Å². The molecule has 0 bridgehead atoms. The van der Waals surface area contributed by atoms with Crippen LogP contribution in [0.2, 0.25) is 0 Å². The maximum absolute atomic E-state index is 9.30. The highest BCUT2D eigenvalue weighted by Gasteiger charge is 2.21. The fraction of sp³-hybridized carbons (Fsp3) is 0.500. The van der Waals surface area contributed by atoms with Crippen LogP contribution >= 0.6 is 0 Å². The number of hydroxylamine groups is 2. The molecule has 0 radical (unpaired) electrons. The Morgan fingerprint density at radius 3 is 2.60 bits per heavy atom. The normalized spacial score (nSPS) is 19.1. The van der Waals surface area contributed by atoms with Crippen molar-refractivity contribution in [3.8, 4) is 5.75 Å². The van der Waals surface area contributed by atoms with E-state index < -0.39 is 0 Å². The number of hydrogen-bond donors (Lipinski definition) is 1. The Kier molecular flexibility index (Phi) is 3.23. The summed E-state index contributed by atoms with van der Waals surface area (Å²) in [4.78, 5) is 0. The quantitative estimate of drug-likeness (QED) is 0.807. The minimum atomic E-state index is 0.518. The van der Waals surface area contributed by atoms with Crippen molar-refractivity contribution in [3.05, 3.63) is 29.8 Å². The molecule has 1 aliphatic heterocycles. The first-order chi connectivity index (χ1) is 7.31. The van der Waals surface area contributed by atoms with Crippen molar-refractivity contribution in [2.24, 2.45) is 0 Å². The number of ether oxygens (including phenoxy) is 1. The topological polar surface area (TPSA) is 32.7 Å². The van der Waals surface area contributed by atoms with Crippen molar-refractivity contribution in [1.29, 1.82) is 0 Å². The van der Waals surface area contributed by atoms with Gasteiger partial charge in [-0.05, 0) is 30.4 Å². The molecule has 1 aromatic carbocycles. The number of hydrogen-bond acceptors (Lipinski definition) is 3. The molecule has 0 unspecified atom stereocenters. The monoisotopic (exact) mass is 207 g/mol. The average Bonchev–Trinajstić information content (AvgIpc) is 2.30. The van der Waals surface area contributed by atoms with Crippen LogP contribution in [-0.2, 0) is 0 Å². The molecular formula is C12H17NO2. The van der Waals surface area contributed by atoms with Crippen LogP contribution in [0.3, 0.4) is 0 Å². The van der Waals surface area contributed by atoms with E-state index in [1.54, 1.807) is 7.11 Å². The van der Waals surface area contributed by atoms with E-state index in [0.717, 1.165) is 31.7 Å². The van der Waals surface area contributed by atoms with Crippen LogP contribution in [0.5, 0.6) is 5.75 Å². The van der Waals surface area contributed by atoms with Gasteiger partial charge in [0.2, 0.25) is 0 Å². The van der Waals surface area contributed by atoms with Crippen molar-refractivity contribution in [3.63, 3.8) is 0 Å². The highest BCUT2D eigenvalue weighted by atomic mass is 16.5. The van der Waals surface area contributed by atoms with Crippen molar-refractivity contribution in [2.45, 2.75) is 18.8 Å². The number of methoxy groups -OCH3 is 1. The first-order valence-electron chi connectivity index (χ1n) is 5.38. The molecule has 0 saturated carbocycles. The third-order valence-corrected chi connectivity index (χ3v) is 3.05. The van der Waals surface area contributed by atoms with E-state index in [-0.39, 0.29) is 0 Å². The van der Waals surface area contributed by atoms with Crippen LogP contribution in [0.1, 0.15) is 24.3 Å². The van der Waals surface area contributed by atoms with Gasteiger partial charge in [-0.2, -0.15) is 5.06 Å². The fourth-order valence-electron chi connectivity index (χ4n) is 2.18. The molecule has 2 rings (SSSR count). The molecule has 0 spiro atoms. The lowest BCUT2D eigenvalue weighted by atomic mass is 9.89. The van der Waals surface area contributed by atoms with Gasteiger partial charge in [0.25, 0.3) is 0 Å². The third-order valence-electron chi connectivity index (χ3n) is 3.05. The molecule has 0 aliphatic carbocycles. The maximum Gasteiger partial charge on any atom is 0.122 e. The highest BCUT2D eigenvalue weighted by molar-refractivity contribution is 5.36. The Hall–Kier alpha value is -1.06. The summed E-state index contributed by atoms with van der Waals surface area (Å²) in [6, 6.07) is 8.16. The molecule has 0 atom stereocenters. The van der Waals surface area contributed by atoms with Crippen molar-refractivity contribution in [1.82, 2.24) is 5.06 Å². The number of rotatable bonds is 2. The zero-order valence-electron chi connectivity index (χ0n) is 9.02. The molecule has 82 valence electrons. The Bertz CT molecular complexity index is 319. The van der Waals surface area contributed by atoms with Crippen LogP contribution < -0.4 is 4.74 Å². The van der Waals surface area contributed by atoms with E-state index in [1.165, 1.54) is 10.6 Å². The molecular weight excluding hydrogens is 190 g/mol. The second kappa shape index (κ2) is 4.64. The molecule has 0 aromatic heterocycles. The Morgan fingerprint density at radius 2 is 1.93 bits per heavy atom. The lowest BCUT2D eigenvalue weighted by Gasteiger charge is -2.28. The summed E-state index contributed by atoms with van der Waals surface area (Å²) in [7, 11) is 1.71. The Morgan fingerprint density at radius 1 is 1.27 bits per heavy atom. The summed E-state index contributed by atoms with van der Waals surface area (Å²) in [5, 5.41) is 10.7. The standard InChI is InChI=1S/C12H17NO2/c1-15-12-5-3-2-4-11(12)10-6-8-13(14)9-7-10/h2-5,10,14H,6-9H2,1H3. The summed E-state index contributed by atoms with van der Waals surface area (Å²) in [6.07, 6.45) is 1.99. The zero-order valence-corrected chi connectivity index (χ0v) is 9.02. The highest BCUT2D eigenvalue weighted by Crippen LogP contribution is 2.33. The third kappa shape index (κ3) is 2.30. The molecule has 1 aliphatic rings. The van der Waals surface area contributed by atoms with Gasteiger partial charge >= 0.3 is 0 Å². The van der Waals surface area contributed by atoms with Gasteiger partial charge in [0.15, 0.2) is 0 Å². The summed E-state index contributed by atoms with van der Waals surface area (Å²) < 4.78 is 5.35. The van der Waals surface area contributed by atoms with Crippen LogP contribution in [0, 0.1) is 0 Å². The summed E-state index contributed by atoms with van der Waals surface area (Å²) in [5.41, 5.74) is 1.27. The number of para-hydroxylation sites is 1. The lowest BCUT2D eigenvalue weighted by molar-refractivity contribution is -0.106. The molecule has 0 amide bonds. The van der Waals surface area contributed by atoms with Crippen LogP contribution in [0.25, 0.3) is 0 Å². The van der Waals surface area contributed by atoms with Gasteiger partial charge in [0, 0.05) is 13.1 Å². The van der Waals surface area contributed by atoms with E-state index in [9.17, 15) is 5.21 Å². The van der Waals surface area contributed by atoms with Gasteiger partial charge in [-0.15, -0.1) is 0 Å². The predicted molar refractivity (Wildman–Crippen MR) is 58.3 cm³/mol. The molecule has 3 heteroatoms. The minimum Gasteiger partial charge on any atom is -0.496 e. The molecule has 1 fully saturated rings. The molecule has 3 nitrogen and oxygen atoms in total. The predicted octanol–water partition coefficient (Wildman–Crippen LogP) is 2.26. The van der Waals surface area contributed by atoms with Gasteiger partial charge in [0.1, 0.15) is 5.75 Å². The smallest absolute Gasteiger partial charge is 0.122 e. The first kappa shape index (κ1) is 10.5. The number of benzene rings is 1. The van der Waals surface area contributed by atoms with E-state index in [2.05, 4.69) is 6.07 Å². The summed E-state index contributed by atoms with van der Waals surface area (Å²) >= 11 is 0. The van der Waals surface area contributed by atoms with Crippen molar-refractivity contribution < 1.29 is 9.94 Å². The number of nitrogens with zero attached hydrogens (tertiary/aromatic N) is 1. The van der Waals surface area contributed by atoms with E-state index >= 15 is 0 Å². The summed E-state index contributed by atoms with van der Waals surface area (Å²) in [5.74, 6) is 1.48.